The molecular formula is C13H16O3. The molecule has 0 saturated carbocycles. The van der Waals surface area contributed by atoms with Crippen molar-refractivity contribution in [1.82, 2.24) is 0 Å². The largest absolute Gasteiger partial charge is 0.396 e. The van der Waals surface area contributed by atoms with E-state index >= 15 is 0 Å². The highest BCUT2D eigenvalue weighted by Crippen LogP contribution is 2.07. The quantitative estimate of drug-likeness (QED) is 0.588. The van der Waals surface area contributed by atoms with Crippen LogP contribution in [-0.4, -0.2) is 23.3 Å². The Morgan fingerprint density at radius 3 is 2.38 bits per heavy atom. The molecule has 3 heteroatoms. The van der Waals surface area contributed by atoms with Crippen molar-refractivity contribution in [3.63, 3.8) is 0 Å². The first-order chi connectivity index (χ1) is 7.63. The molecule has 1 N–H and O–H groups in total. The summed E-state index contributed by atoms with van der Waals surface area (Å²) in [5.74, 6) is -0.262. The van der Waals surface area contributed by atoms with Gasteiger partial charge >= 0.3 is 0 Å². The minimum atomic E-state index is -0.150. The fourth-order valence-electron chi connectivity index (χ4n) is 1.39. The number of aryl methyl sites for hydroxylation is 1. The number of aliphatic hydroxyl groups excluding tert-OH is 1. The molecule has 0 bridgehead atoms. The van der Waals surface area contributed by atoms with Crippen molar-refractivity contribution in [1.29, 1.82) is 0 Å². The Hall–Kier alpha value is -1.48. The summed E-state index contributed by atoms with van der Waals surface area (Å²) in [5, 5.41) is 8.56. The minimum Gasteiger partial charge on any atom is -0.396 e. The van der Waals surface area contributed by atoms with Crippen LogP contribution in [0.3, 0.4) is 0 Å². The van der Waals surface area contributed by atoms with Gasteiger partial charge in [0, 0.05) is 18.6 Å². The zero-order valence-electron chi connectivity index (χ0n) is 9.40. The summed E-state index contributed by atoms with van der Waals surface area (Å²) in [7, 11) is 0. The van der Waals surface area contributed by atoms with Crippen molar-refractivity contribution in [2.75, 3.05) is 6.61 Å². The number of carbonyl (C=O) groups is 2. The zero-order valence-corrected chi connectivity index (χ0v) is 9.40. The van der Waals surface area contributed by atoms with Crippen molar-refractivity contribution < 1.29 is 14.7 Å². The monoisotopic (exact) mass is 220 g/mol. The second-order valence-electron chi connectivity index (χ2n) is 3.83. The fourth-order valence-corrected chi connectivity index (χ4v) is 1.39. The molecule has 1 rings (SSSR count). The molecule has 0 aliphatic rings. The number of aliphatic hydroxyl groups is 1. The van der Waals surface area contributed by atoms with Gasteiger partial charge in [0.2, 0.25) is 0 Å². The number of hydrogen-bond acceptors (Lipinski definition) is 3. The summed E-state index contributed by atoms with van der Waals surface area (Å²) in [4.78, 5) is 23.0. The van der Waals surface area contributed by atoms with E-state index in [2.05, 4.69) is 0 Å². The van der Waals surface area contributed by atoms with E-state index in [0.717, 1.165) is 5.56 Å². The summed E-state index contributed by atoms with van der Waals surface area (Å²) in [5.41, 5.74) is 1.66. The summed E-state index contributed by atoms with van der Waals surface area (Å²) in [6.07, 6.45) is 0.636. The normalized spacial score (nSPS) is 10.1. The number of hydrogen-bond donors (Lipinski definition) is 1. The van der Waals surface area contributed by atoms with Gasteiger partial charge in [0.15, 0.2) is 5.78 Å². The van der Waals surface area contributed by atoms with E-state index in [1.807, 2.05) is 19.1 Å². The van der Waals surface area contributed by atoms with Crippen molar-refractivity contribution in [2.45, 2.75) is 26.2 Å². The predicted octanol–water partition coefficient (Wildman–Crippen LogP) is 1.91. The Morgan fingerprint density at radius 1 is 1.19 bits per heavy atom. The van der Waals surface area contributed by atoms with Crippen LogP contribution in [0.25, 0.3) is 0 Å². The second-order valence-corrected chi connectivity index (χ2v) is 3.83. The first kappa shape index (κ1) is 12.6. The molecule has 0 unspecified atom stereocenters. The SMILES string of the molecule is Cc1ccc(C(=O)CC(=O)CCCO)cc1. The third-order valence-electron chi connectivity index (χ3n) is 2.34. The van der Waals surface area contributed by atoms with Gasteiger partial charge in [-0.3, -0.25) is 9.59 Å². The fraction of sp³-hybridized carbons (Fsp3) is 0.385. The van der Waals surface area contributed by atoms with Gasteiger partial charge in [-0.25, -0.2) is 0 Å². The highest BCUT2D eigenvalue weighted by molar-refractivity contribution is 6.07. The van der Waals surface area contributed by atoms with Gasteiger partial charge in [-0.05, 0) is 13.3 Å². The van der Waals surface area contributed by atoms with E-state index in [-0.39, 0.29) is 31.0 Å². The van der Waals surface area contributed by atoms with Gasteiger partial charge in [-0.15, -0.1) is 0 Å². The maximum Gasteiger partial charge on any atom is 0.170 e. The molecule has 0 aliphatic carbocycles. The van der Waals surface area contributed by atoms with E-state index in [1.54, 1.807) is 12.1 Å². The van der Waals surface area contributed by atoms with E-state index < -0.39 is 0 Å². The molecule has 0 amide bonds. The van der Waals surface area contributed by atoms with Gasteiger partial charge in [0.25, 0.3) is 0 Å². The van der Waals surface area contributed by atoms with Crippen molar-refractivity contribution >= 4 is 11.6 Å². The van der Waals surface area contributed by atoms with Crippen molar-refractivity contribution in [2.24, 2.45) is 0 Å². The molecule has 86 valence electrons. The van der Waals surface area contributed by atoms with Crippen LogP contribution in [0.4, 0.5) is 0 Å². The topological polar surface area (TPSA) is 54.4 Å². The van der Waals surface area contributed by atoms with Crippen LogP contribution in [0.1, 0.15) is 35.2 Å². The third kappa shape index (κ3) is 3.95. The lowest BCUT2D eigenvalue weighted by Crippen LogP contribution is -2.08. The summed E-state index contributed by atoms with van der Waals surface area (Å²) in [6.45, 7) is 1.94. The Balaban J connectivity index is 2.52. The molecule has 1 aromatic carbocycles. The average molecular weight is 220 g/mol. The first-order valence-electron chi connectivity index (χ1n) is 5.36. The van der Waals surface area contributed by atoms with Gasteiger partial charge < -0.3 is 5.11 Å². The van der Waals surface area contributed by atoms with E-state index in [1.165, 1.54) is 0 Å². The molecule has 0 heterocycles. The number of Topliss-reactive ketones (excluding diaryl/α,β-unsaturated/α-hetero) is 2. The molecule has 0 fully saturated rings. The Bertz CT molecular complexity index is 365. The summed E-state index contributed by atoms with van der Waals surface area (Å²) < 4.78 is 0. The predicted molar refractivity (Wildman–Crippen MR) is 61.5 cm³/mol. The van der Waals surface area contributed by atoms with Gasteiger partial charge in [-0.1, -0.05) is 29.8 Å². The number of benzene rings is 1. The van der Waals surface area contributed by atoms with Gasteiger partial charge in [0.05, 0.1) is 6.42 Å². The highest BCUT2D eigenvalue weighted by atomic mass is 16.3. The molecular weight excluding hydrogens is 204 g/mol. The zero-order chi connectivity index (χ0) is 12.0. The molecule has 0 atom stereocenters. The first-order valence-corrected chi connectivity index (χ1v) is 5.36. The van der Waals surface area contributed by atoms with Crippen LogP contribution in [0, 0.1) is 6.92 Å². The Kier molecular flexibility index (Phi) is 4.86. The van der Waals surface area contributed by atoms with Crippen molar-refractivity contribution in [3.8, 4) is 0 Å². The van der Waals surface area contributed by atoms with E-state index in [9.17, 15) is 9.59 Å². The molecule has 0 spiro atoms. The summed E-state index contributed by atoms with van der Waals surface area (Å²) in [6, 6.07) is 7.17. The lowest BCUT2D eigenvalue weighted by atomic mass is 10.0. The van der Waals surface area contributed by atoms with Gasteiger partial charge in [-0.2, -0.15) is 0 Å². The van der Waals surface area contributed by atoms with Crippen molar-refractivity contribution in [3.05, 3.63) is 35.4 Å². The maximum absolute atomic E-state index is 11.6. The van der Waals surface area contributed by atoms with E-state index in [0.29, 0.717) is 12.0 Å². The number of ketones is 2. The summed E-state index contributed by atoms with van der Waals surface area (Å²) >= 11 is 0. The molecule has 16 heavy (non-hydrogen) atoms. The Labute approximate surface area is 95.1 Å². The number of carbonyl (C=O) groups excluding carboxylic acids is 2. The third-order valence-corrected chi connectivity index (χ3v) is 2.34. The van der Waals surface area contributed by atoms with E-state index in [4.69, 9.17) is 5.11 Å². The number of rotatable bonds is 6. The van der Waals surface area contributed by atoms with Crippen LogP contribution in [0.15, 0.2) is 24.3 Å². The van der Waals surface area contributed by atoms with Crippen LogP contribution >= 0.6 is 0 Å². The van der Waals surface area contributed by atoms with Gasteiger partial charge in [0.1, 0.15) is 5.78 Å². The standard InChI is InChI=1S/C13H16O3/c1-10-4-6-11(7-5-10)13(16)9-12(15)3-2-8-14/h4-7,14H,2-3,8-9H2,1H3. The Morgan fingerprint density at radius 2 is 1.81 bits per heavy atom. The smallest absolute Gasteiger partial charge is 0.170 e. The van der Waals surface area contributed by atoms with Crippen LogP contribution in [0.5, 0.6) is 0 Å². The highest BCUT2D eigenvalue weighted by Gasteiger charge is 2.10. The lowest BCUT2D eigenvalue weighted by Gasteiger charge is -2.01. The average Bonchev–Trinajstić information content (AvgIpc) is 2.27. The van der Waals surface area contributed by atoms with Crippen LogP contribution in [0.2, 0.25) is 0 Å². The maximum atomic E-state index is 11.6. The molecule has 0 aromatic heterocycles. The van der Waals surface area contributed by atoms with Crippen LogP contribution < -0.4 is 0 Å². The van der Waals surface area contributed by atoms with Crippen LogP contribution in [-0.2, 0) is 4.79 Å². The molecule has 1 aromatic rings. The lowest BCUT2D eigenvalue weighted by molar-refractivity contribution is -0.118. The second kappa shape index (κ2) is 6.18. The molecule has 3 nitrogen and oxygen atoms in total. The minimum absolute atomic E-state index is 0.00946. The molecule has 0 radical (unpaired) electrons. The molecule has 0 saturated heterocycles. The molecule has 0 aliphatic heterocycles.